The molecule has 4 rings (SSSR count). The molecule has 2 N–H and O–H groups in total. The number of nitrogens with zero attached hydrogens (tertiary/aromatic N) is 4. The Hall–Kier alpha value is -3.59. The van der Waals surface area contributed by atoms with Gasteiger partial charge in [-0.1, -0.05) is 24.8 Å². The van der Waals surface area contributed by atoms with Gasteiger partial charge in [0.2, 0.25) is 0 Å². The second-order valence-corrected chi connectivity index (χ2v) is 7.84. The van der Waals surface area contributed by atoms with E-state index in [1.54, 1.807) is 35.5 Å². The van der Waals surface area contributed by atoms with Gasteiger partial charge in [0.1, 0.15) is 16.6 Å². The lowest BCUT2D eigenvalue weighted by Crippen LogP contribution is -2.19. The maximum absolute atomic E-state index is 12.3. The van der Waals surface area contributed by atoms with E-state index in [0.29, 0.717) is 28.7 Å². The molecule has 0 unspecified atom stereocenters. The third kappa shape index (κ3) is 4.95. The summed E-state index contributed by atoms with van der Waals surface area (Å²) in [5.74, 6) is 1.97. The number of amides is 2. The quantitative estimate of drug-likeness (QED) is 0.424. The first-order valence-electron chi connectivity index (χ1n) is 9.77. The normalized spacial score (nSPS) is 10.8. The Morgan fingerprint density at radius 1 is 1.06 bits per heavy atom. The van der Waals surface area contributed by atoms with Crippen LogP contribution in [0.25, 0.3) is 5.78 Å². The molecule has 0 aliphatic heterocycles. The van der Waals surface area contributed by atoms with Crippen LogP contribution in [0.2, 0.25) is 0 Å². The highest BCUT2D eigenvalue weighted by Crippen LogP contribution is 2.29. The van der Waals surface area contributed by atoms with Gasteiger partial charge in [-0.05, 0) is 55.8 Å². The van der Waals surface area contributed by atoms with Crippen LogP contribution in [-0.4, -0.2) is 32.7 Å². The highest BCUT2D eigenvalue weighted by Gasteiger charge is 2.11. The van der Waals surface area contributed by atoms with Gasteiger partial charge in [-0.15, -0.1) is 5.10 Å². The van der Waals surface area contributed by atoms with Crippen molar-refractivity contribution in [2.24, 2.45) is 0 Å². The second kappa shape index (κ2) is 9.05. The fourth-order valence-corrected chi connectivity index (χ4v) is 3.88. The number of nitrogens with one attached hydrogen (secondary N) is 2. The second-order valence-electron chi connectivity index (χ2n) is 6.75. The van der Waals surface area contributed by atoms with E-state index in [-0.39, 0.29) is 6.03 Å². The molecular formula is C22H22N6O2S. The summed E-state index contributed by atoms with van der Waals surface area (Å²) in [6.45, 7) is 3.92. The largest absolute Gasteiger partial charge is 0.497 e. The van der Waals surface area contributed by atoms with Gasteiger partial charge in [0, 0.05) is 28.0 Å². The molecule has 0 spiro atoms. The van der Waals surface area contributed by atoms with Crippen molar-refractivity contribution in [3.8, 4) is 5.75 Å². The molecule has 0 saturated heterocycles. The van der Waals surface area contributed by atoms with E-state index in [2.05, 4.69) is 32.6 Å². The van der Waals surface area contributed by atoms with Crippen LogP contribution in [0.3, 0.4) is 0 Å². The molecule has 0 aliphatic carbocycles. The Kier molecular flexibility index (Phi) is 6.03. The molecule has 2 aromatic carbocycles. The van der Waals surface area contributed by atoms with Crippen LogP contribution in [0.1, 0.15) is 18.4 Å². The van der Waals surface area contributed by atoms with E-state index >= 15 is 0 Å². The molecule has 0 radical (unpaired) electrons. The fourth-order valence-electron chi connectivity index (χ4n) is 2.96. The topological polar surface area (TPSA) is 93.4 Å². The van der Waals surface area contributed by atoms with Crippen LogP contribution < -0.4 is 15.4 Å². The van der Waals surface area contributed by atoms with Crippen LogP contribution in [0.15, 0.2) is 64.5 Å². The number of carbonyl (C=O) groups is 1. The number of aromatic nitrogens is 4. The first-order valence-corrected chi connectivity index (χ1v) is 10.6. The molecule has 0 saturated carbocycles. The molecule has 0 bridgehead atoms. The number of hydrogen-bond donors (Lipinski definition) is 2. The van der Waals surface area contributed by atoms with Crippen LogP contribution in [-0.2, 0) is 6.42 Å². The van der Waals surface area contributed by atoms with Crippen molar-refractivity contribution in [3.63, 3.8) is 0 Å². The van der Waals surface area contributed by atoms with Crippen molar-refractivity contribution in [2.75, 3.05) is 17.7 Å². The SMILES string of the molecule is CCc1cc(Sc2ccc(NC(=O)Nc3cccc(OC)c3)cc2)n2nc(C)nc2n1. The number of rotatable bonds is 6. The third-order valence-corrected chi connectivity index (χ3v) is 5.47. The number of ether oxygens (including phenoxy) is 1. The minimum Gasteiger partial charge on any atom is -0.497 e. The molecule has 9 heteroatoms. The molecule has 31 heavy (non-hydrogen) atoms. The molecule has 0 fully saturated rings. The zero-order chi connectivity index (χ0) is 21.8. The highest BCUT2D eigenvalue weighted by atomic mass is 32.2. The van der Waals surface area contributed by atoms with Crippen molar-refractivity contribution < 1.29 is 9.53 Å². The Balaban J connectivity index is 1.45. The summed E-state index contributed by atoms with van der Waals surface area (Å²) < 4.78 is 6.93. The van der Waals surface area contributed by atoms with Gasteiger partial charge in [-0.25, -0.2) is 9.78 Å². The molecule has 158 valence electrons. The van der Waals surface area contributed by atoms with Crippen LogP contribution in [0, 0.1) is 6.92 Å². The van der Waals surface area contributed by atoms with Gasteiger partial charge < -0.3 is 15.4 Å². The number of methoxy groups -OCH3 is 1. The summed E-state index contributed by atoms with van der Waals surface area (Å²) in [5, 5.41) is 11.0. The lowest BCUT2D eigenvalue weighted by atomic mass is 10.3. The van der Waals surface area contributed by atoms with Gasteiger partial charge in [0.25, 0.3) is 5.78 Å². The lowest BCUT2D eigenvalue weighted by molar-refractivity contribution is 0.262. The predicted molar refractivity (Wildman–Crippen MR) is 121 cm³/mol. The Morgan fingerprint density at radius 2 is 1.84 bits per heavy atom. The van der Waals surface area contributed by atoms with Gasteiger partial charge in [0.15, 0.2) is 0 Å². The van der Waals surface area contributed by atoms with Crippen LogP contribution in [0.4, 0.5) is 16.2 Å². The number of benzene rings is 2. The maximum atomic E-state index is 12.3. The molecule has 2 amide bonds. The number of aryl methyl sites for hydroxylation is 2. The van der Waals surface area contributed by atoms with E-state index in [1.165, 1.54) is 0 Å². The number of hydrogen-bond acceptors (Lipinski definition) is 6. The molecule has 2 heterocycles. The van der Waals surface area contributed by atoms with Gasteiger partial charge in [-0.3, -0.25) is 0 Å². The lowest BCUT2D eigenvalue weighted by Gasteiger charge is -2.10. The van der Waals surface area contributed by atoms with Gasteiger partial charge >= 0.3 is 6.03 Å². The number of fused-ring (bicyclic) bond motifs is 1. The smallest absolute Gasteiger partial charge is 0.323 e. The first-order chi connectivity index (χ1) is 15.0. The van der Waals surface area contributed by atoms with Crippen molar-refractivity contribution >= 4 is 34.9 Å². The van der Waals surface area contributed by atoms with E-state index in [0.717, 1.165) is 22.0 Å². The summed E-state index contributed by atoms with van der Waals surface area (Å²) in [5.41, 5.74) is 2.31. The Labute approximate surface area is 184 Å². The number of anilines is 2. The summed E-state index contributed by atoms with van der Waals surface area (Å²) >= 11 is 1.57. The average molecular weight is 435 g/mol. The molecular weight excluding hydrogens is 412 g/mol. The van der Waals surface area contributed by atoms with Gasteiger partial charge in [0.05, 0.1) is 7.11 Å². The Morgan fingerprint density at radius 3 is 2.58 bits per heavy atom. The van der Waals surface area contributed by atoms with Crippen molar-refractivity contribution in [2.45, 2.75) is 30.2 Å². The molecule has 0 atom stereocenters. The van der Waals surface area contributed by atoms with E-state index in [4.69, 9.17) is 4.74 Å². The monoisotopic (exact) mass is 434 g/mol. The summed E-state index contributed by atoms with van der Waals surface area (Å²) in [6, 6.07) is 16.5. The minimum absolute atomic E-state index is 0.324. The van der Waals surface area contributed by atoms with Gasteiger partial charge in [-0.2, -0.15) is 9.50 Å². The number of carbonyl (C=O) groups excluding carboxylic acids is 1. The first kappa shape index (κ1) is 20.7. The molecule has 2 aromatic heterocycles. The maximum Gasteiger partial charge on any atom is 0.323 e. The fraction of sp³-hybridized carbons (Fsp3) is 0.182. The van der Waals surface area contributed by atoms with Crippen LogP contribution in [0.5, 0.6) is 5.75 Å². The summed E-state index contributed by atoms with van der Waals surface area (Å²) in [4.78, 5) is 22.2. The third-order valence-electron chi connectivity index (χ3n) is 4.46. The minimum atomic E-state index is -0.324. The average Bonchev–Trinajstić information content (AvgIpc) is 3.15. The Bertz CT molecular complexity index is 1220. The highest BCUT2D eigenvalue weighted by molar-refractivity contribution is 7.99. The van der Waals surface area contributed by atoms with Crippen molar-refractivity contribution in [3.05, 3.63) is 66.1 Å². The van der Waals surface area contributed by atoms with Crippen LogP contribution >= 0.6 is 11.8 Å². The summed E-state index contributed by atoms with van der Waals surface area (Å²) in [6.07, 6.45) is 0.821. The molecule has 8 nitrogen and oxygen atoms in total. The zero-order valence-corrected chi connectivity index (χ0v) is 18.2. The van der Waals surface area contributed by atoms with E-state index in [9.17, 15) is 4.79 Å². The number of urea groups is 1. The van der Waals surface area contributed by atoms with Crippen molar-refractivity contribution in [1.29, 1.82) is 0 Å². The zero-order valence-electron chi connectivity index (χ0n) is 17.4. The molecule has 0 aliphatic rings. The van der Waals surface area contributed by atoms with Crippen molar-refractivity contribution in [1.82, 2.24) is 19.6 Å². The molecule has 4 aromatic rings. The van der Waals surface area contributed by atoms with E-state index in [1.807, 2.05) is 49.4 Å². The summed E-state index contributed by atoms with van der Waals surface area (Å²) in [7, 11) is 1.59. The standard InChI is InChI=1S/C22H22N6O2S/c1-4-15-13-20(28-21(24-15)23-14(2)27-28)31-19-10-8-16(9-11-19)25-22(29)26-17-6-5-7-18(12-17)30-3/h5-13H,4H2,1-3H3,(H2,25,26,29). The van der Waals surface area contributed by atoms with E-state index < -0.39 is 0 Å². The predicted octanol–water partition coefficient (Wildman–Crippen LogP) is 4.80.